The lowest BCUT2D eigenvalue weighted by molar-refractivity contribution is 0.208. The van der Waals surface area contributed by atoms with Crippen LogP contribution in [0.3, 0.4) is 0 Å². The molecule has 3 heterocycles. The van der Waals surface area contributed by atoms with E-state index in [2.05, 4.69) is 9.88 Å². The van der Waals surface area contributed by atoms with Crippen molar-refractivity contribution in [3.63, 3.8) is 0 Å². The molecule has 112 valence electrons. The maximum atomic E-state index is 12.1. The molecule has 1 saturated heterocycles. The number of hydrogen-bond donors (Lipinski definition) is 1. The molecular formula is C16H21N3O2. The fourth-order valence-corrected chi connectivity index (χ4v) is 3.15. The van der Waals surface area contributed by atoms with Crippen molar-refractivity contribution < 1.29 is 5.11 Å². The van der Waals surface area contributed by atoms with Gasteiger partial charge in [0.1, 0.15) is 5.65 Å². The molecule has 0 spiro atoms. The summed E-state index contributed by atoms with van der Waals surface area (Å²) in [6.45, 7) is 2.02. The molecule has 0 bridgehead atoms. The van der Waals surface area contributed by atoms with Gasteiger partial charge in [-0.3, -0.25) is 14.1 Å². The van der Waals surface area contributed by atoms with E-state index in [0.29, 0.717) is 11.7 Å². The van der Waals surface area contributed by atoms with Crippen LogP contribution in [0.5, 0.6) is 0 Å². The highest BCUT2D eigenvalue weighted by atomic mass is 16.2. The fraction of sp³-hybridized carbons (Fsp3) is 0.500. The van der Waals surface area contributed by atoms with Gasteiger partial charge in [0.05, 0.1) is 5.69 Å². The normalized spacial score (nSPS) is 19.4. The van der Waals surface area contributed by atoms with Crippen molar-refractivity contribution in [2.75, 3.05) is 13.2 Å². The number of aliphatic hydroxyl groups is 1. The second-order valence-corrected chi connectivity index (χ2v) is 5.65. The van der Waals surface area contributed by atoms with Gasteiger partial charge in [-0.25, -0.2) is 4.98 Å². The summed E-state index contributed by atoms with van der Waals surface area (Å²) < 4.78 is 1.57. The molecular weight excluding hydrogens is 266 g/mol. The van der Waals surface area contributed by atoms with Crippen molar-refractivity contribution in [1.29, 1.82) is 0 Å². The van der Waals surface area contributed by atoms with Gasteiger partial charge in [-0.2, -0.15) is 0 Å². The number of likely N-dealkylation sites (tertiary alicyclic amines) is 1. The Morgan fingerprint density at radius 3 is 3.14 bits per heavy atom. The lowest BCUT2D eigenvalue weighted by Gasteiger charge is -2.23. The second kappa shape index (κ2) is 6.37. The first kappa shape index (κ1) is 14.2. The molecule has 2 aromatic rings. The zero-order valence-electron chi connectivity index (χ0n) is 12.1. The van der Waals surface area contributed by atoms with Gasteiger partial charge < -0.3 is 5.11 Å². The summed E-state index contributed by atoms with van der Waals surface area (Å²) in [6, 6.07) is 7.73. The Bertz CT molecular complexity index is 668. The monoisotopic (exact) mass is 287 g/mol. The standard InChI is InChI=1S/C16H21N3O2/c20-10-4-6-14-5-3-8-18(14)12-13-11-16(21)19-9-2-1-7-15(19)17-13/h1-2,7,9,11,14,20H,3-6,8,10,12H2. The molecule has 3 rings (SSSR count). The van der Waals surface area contributed by atoms with E-state index in [1.807, 2.05) is 18.2 Å². The molecule has 0 aliphatic carbocycles. The van der Waals surface area contributed by atoms with Crippen LogP contribution in [0.4, 0.5) is 0 Å². The summed E-state index contributed by atoms with van der Waals surface area (Å²) in [5.41, 5.74) is 1.51. The largest absolute Gasteiger partial charge is 0.396 e. The van der Waals surface area contributed by atoms with E-state index in [4.69, 9.17) is 5.11 Å². The van der Waals surface area contributed by atoms with Crippen LogP contribution in [0.25, 0.3) is 5.65 Å². The van der Waals surface area contributed by atoms with E-state index in [-0.39, 0.29) is 12.2 Å². The Morgan fingerprint density at radius 1 is 1.38 bits per heavy atom. The van der Waals surface area contributed by atoms with Crippen molar-refractivity contribution >= 4 is 5.65 Å². The minimum atomic E-state index is -0.0262. The third-order valence-electron chi connectivity index (χ3n) is 4.18. The molecule has 2 aromatic heterocycles. The quantitative estimate of drug-likeness (QED) is 0.904. The maximum Gasteiger partial charge on any atom is 0.258 e. The highest BCUT2D eigenvalue weighted by Gasteiger charge is 2.24. The Kier molecular flexibility index (Phi) is 4.31. The molecule has 1 aliphatic rings. The molecule has 5 nitrogen and oxygen atoms in total. The topological polar surface area (TPSA) is 57.8 Å². The molecule has 1 fully saturated rings. The zero-order chi connectivity index (χ0) is 14.7. The number of pyridine rings is 1. The molecule has 21 heavy (non-hydrogen) atoms. The van der Waals surface area contributed by atoms with Crippen molar-refractivity contribution in [3.8, 4) is 0 Å². The van der Waals surface area contributed by atoms with Crippen molar-refractivity contribution in [2.24, 2.45) is 0 Å². The van der Waals surface area contributed by atoms with Crippen LogP contribution in [0.1, 0.15) is 31.4 Å². The molecule has 5 heteroatoms. The first-order chi connectivity index (χ1) is 10.3. The van der Waals surface area contributed by atoms with Crippen LogP contribution < -0.4 is 5.56 Å². The number of hydrogen-bond acceptors (Lipinski definition) is 4. The lowest BCUT2D eigenvalue weighted by atomic mass is 10.1. The van der Waals surface area contributed by atoms with Gasteiger partial charge in [0.25, 0.3) is 5.56 Å². The van der Waals surface area contributed by atoms with Crippen molar-refractivity contribution in [3.05, 3.63) is 46.5 Å². The van der Waals surface area contributed by atoms with Gasteiger partial charge in [0.15, 0.2) is 0 Å². The summed E-state index contributed by atoms with van der Waals surface area (Å²) in [4.78, 5) is 19.1. The van der Waals surface area contributed by atoms with Crippen LogP contribution in [-0.4, -0.2) is 38.6 Å². The number of aromatic nitrogens is 2. The van der Waals surface area contributed by atoms with Gasteiger partial charge in [-0.05, 0) is 44.4 Å². The van der Waals surface area contributed by atoms with Crippen LogP contribution in [-0.2, 0) is 6.54 Å². The zero-order valence-corrected chi connectivity index (χ0v) is 12.1. The van der Waals surface area contributed by atoms with Crippen LogP contribution in [0.2, 0.25) is 0 Å². The molecule has 0 amide bonds. The average molecular weight is 287 g/mol. The molecule has 1 unspecified atom stereocenters. The molecule has 0 radical (unpaired) electrons. The third-order valence-corrected chi connectivity index (χ3v) is 4.18. The molecule has 1 aliphatic heterocycles. The summed E-state index contributed by atoms with van der Waals surface area (Å²) >= 11 is 0. The van der Waals surface area contributed by atoms with Crippen LogP contribution in [0.15, 0.2) is 35.3 Å². The predicted octanol–water partition coefficient (Wildman–Crippen LogP) is 1.43. The summed E-state index contributed by atoms with van der Waals surface area (Å²) in [5.74, 6) is 0. The van der Waals surface area contributed by atoms with Gasteiger partial charge >= 0.3 is 0 Å². The highest BCUT2D eigenvalue weighted by Crippen LogP contribution is 2.22. The Labute approximate surface area is 123 Å². The van der Waals surface area contributed by atoms with Crippen molar-refractivity contribution in [2.45, 2.75) is 38.3 Å². The Balaban J connectivity index is 1.79. The van der Waals surface area contributed by atoms with E-state index in [1.165, 1.54) is 12.8 Å². The molecule has 0 aromatic carbocycles. The molecule has 1 atom stereocenters. The first-order valence-electron chi connectivity index (χ1n) is 7.60. The van der Waals surface area contributed by atoms with E-state index in [0.717, 1.165) is 31.6 Å². The highest BCUT2D eigenvalue weighted by molar-refractivity contribution is 5.37. The minimum Gasteiger partial charge on any atom is -0.396 e. The Morgan fingerprint density at radius 2 is 2.29 bits per heavy atom. The van der Waals surface area contributed by atoms with Crippen LogP contribution >= 0.6 is 0 Å². The summed E-state index contributed by atoms with van der Waals surface area (Å²) in [6.07, 6.45) is 5.96. The number of rotatable bonds is 5. The van der Waals surface area contributed by atoms with E-state index >= 15 is 0 Å². The van der Waals surface area contributed by atoms with Crippen LogP contribution in [0, 0.1) is 0 Å². The fourth-order valence-electron chi connectivity index (χ4n) is 3.15. The summed E-state index contributed by atoms with van der Waals surface area (Å²) in [5, 5.41) is 8.98. The molecule has 0 saturated carbocycles. The van der Waals surface area contributed by atoms with Gasteiger partial charge in [-0.15, -0.1) is 0 Å². The maximum absolute atomic E-state index is 12.1. The summed E-state index contributed by atoms with van der Waals surface area (Å²) in [7, 11) is 0. The van der Waals surface area contributed by atoms with Crippen molar-refractivity contribution in [1.82, 2.24) is 14.3 Å². The van der Waals surface area contributed by atoms with E-state index in [1.54, 1.807) is 16.7 Å². The lowest BCUT2D eigenvalue weighted by Crippen LogP contribution is -2.30. The van der Waals surface area contributed by atoms with E-state index < -0.39 is 0 Å². The number of fused-ring (bicyclic) bond motifs is 1. The average Bonchev–Trinajstić information content (AvgIpc) is 2.92. The number of nitrogens with zero attached hydrogens (tertiary/aromatic N) is 3. The Hall–Kier alpha value is -1.72. The SMILES string of the molecule is O=c1cc(CN2CCCC2CCCO)nc2ccccn12. The van der Waals surface area contributed by atoms with E-state index in [9.17, 15) is 4.79 Å². The third kappa shape index (κ3) is 3.14. The van der Waals surface area contributed by atoms with Gasteiger partial charge in [-0.1, -0.05) is 6.07 Å². The molecule has 1 N–H and O–H groups in total. The smallest absolute Gasteiger partial charge is 0.258 e. The predicted molar refractivity (Wildman–Crippen MR) is 81.2 cm³/mol. The number of aliphatic hydroxyl groups excluding tert-OH is 1. The second-order valence-electron chi connectivity index (χ2n) is 5.65. The minimum absolute atomic E-state index is 0.0262. The first-order valence-corrected chi connectivity index (χ1v) is 7.60. The van der Waals surface area contributed by atoms with Gasteiger partial charge in [0.2, 0.25) is 0 Å². The van der Waals surface area contributed by atoms with Gasteiger partial charge in [0, 0.05) is 31.5 Å².